The zero-order chi connectivity index (χ0) is 11.0. The molecule has 0 spiro atoms. The first kappa shape index (κ1) is 10.8. The fraction of sp³-hybridized carbons (Fsp3) is 0.364. The molecule has 0 radical (unpaired) electrons. The van der Waals surface area contributed by atoms with Crippen molar-refractivity contribution in [2.75, 3.05) is 11.4 Å². The first-order chi connectivity index (χ1) is 7.09. The van der Waals surface area contributed by atoms with Gasteiger partial charge in [-0.05, 0) is 24.6 Å². The number of anilines is 1. The van der Waals surface area contributed by atoms with Gasteiger partial charge in [-0.25, -0.2) is 0 Å². The largest absolute Gasteiger partial charge is 0.311 e. The van der Waals surface area contributed by atoms with Crippen molar-refractivity contribution in [1.29, 1.82) is 0 Å². The van der Waals surface area contributed by atoms with E-state index in [0.29, 0.717) is 18.0 Å². The molecule has 1 unspecified atom stereocenters. The van der Waals surface area contributed by atoms with Crippen LogP contribution in [0.2, 0.25) is 5.02 Å². The Balaban J connectivity index is 2.38. The maximum atomic E-state index is 11.7. The van der Waals surface area contributed by atoms with Crippen LogP contribution in [0.5, 0.6) is 0 Å². The Hall–Kier alpha value is -0.670. The Morgan fingerprint density at radius 3 is 2.87 bits per heavy atom. The first-order valence-electron chi connectivity index (χ1n) is 4.83. The van der Waals surface area contributed by atoms with Crippen molar-refractivity contribution >= 4 is 35.8 Å². The summed E-state index contributed by atoms with van der Waals surface area (Å²) in [4.78, 5) is 13.4. The highest BCUT2D eigenvalue weighted by Gasteiger charge is 2.29. The lowest BCUT2D eigenvalue weighted by Crippen LogP contribution is -2.25. The molecule has 1 aromatic carbocycles. The zero-order valence-electron chi connectivity index (χ0n) is 8.40. The molecule has 1 atom stereocenters. The summed E-state index contributed by atoms with van der Waals surface area (Å²) >= 11 is 10.3. The topological polar surface area (TPSA) is 20.3 Å². The average Bonchev–Trinajstić information content (AvgIpc) is 2.50. The van der Waals surface area contributed by atoms with E-state index < -0.39 is 0 Å². The SMILES string of the molecule is Cc1c(Cl)cccc1N1CC(S)CC1=O. The van der Waals surface area contributed by atoms with Gasteiger partial charge in [-0.1, -0.05) is 17.7 Å². The number of carbonyl (C=O) groups is 1. The highest BCUT2D eigenvalue weighted by molar-refractivity contribution is 7.81. The molecule has 1 saturated heterocycles. The molecular weight excluding hydrogens is 230 g/mol. The van der Waals surface area contributed by atoms with Crippen LogP contribution in [-0.2, 0) is 4.79 Å². The maximum Gasteiger partial charge on any atom is 0.228 e. The van der Waals surface area contributed by atoms with Crippen LogP contribution in [0, 0.1) is 6.92 Å². The van der Waals surface area contributed by atoms with Crippen molar-refractivity contribution < 1.29 is 4.79 Å². The van der Waals surface area contributed by atoms with Crippen molar-refractivity contribution in [2.24, 2.45) is 0 Å². The van der Waals surface area contributed by atoms with Crippen molar-refractivity contribution in [2.45, 2.75) is 18.6 Å². The smallest absolute Gasteiger partial charge is 0.228 e. The van der Waals surface area contributed by atoms with Gasteiger partial charge in [0.15, 0.2) is 0 Å². The second kappa shape index (κ2) is 4.06. The van der Waals surface area contributed by atoms with E-state index >= 15 is 0 Å². The Bertz CT molecular complexity index is 408. The third-order valence-electron chi connectivity index (χ3n) is 2.63. The molecule has 1 aromatic rings. The lowest BCUT2D eigenvalue weighted by molar-refractivity contribution is -0.117. The number of nitrogens with zero attached hydrogens (tertiary/aromatic N) is 1. The summed E-state index contributed by atoms with van der Waals surface area (Å²) in [7, 11) is 0. The molecule has 15 heavy (non-hydrogen) atoms. The molecule has 0 aliphatic carbocycles. The lowest BCUT2D eigenvalue weighted by atomic mass is 10.2. The van der Waals surface area contributed by atoms with Gasteiger partial charge in [0.2, 0.25) is 5.91 Å². The standard InChI is InChI=1S/C11H12ClNOS/c1-7-9(12)3-2-4-10(7)13-6-8(15)5-11(13)14/h2-4,8,15H,5-6H2,1H3. The molecule has 1 fully saturated rings. The Morgan fingerprint density at radius 1 is 1.53 bits per heavy atom. The molecule has 1 amide bonds. The number of amides is 1. The summed E-state index contributed by atoms with van der Waals surface area (Å²) < 4.78 is 0. The molecule has 1 heterocycles. The van der Waals surface area contributed by atoms with Gasteiger partial charge in [0, 0.05) is 28.9 Å². The summed E-state index contributed by atoms with van der Waals surface area (Å²) in [6, 6.07) is 5.62. The van der Waals surface area contributed by atoms with Gasteiger partial charge in [0.05, 0.1) is 0 Å². The van der Waals surface area contributed by atoms with Gasteiger partial charge < -0.3 is 4.90 Å². The van der Waals surface area contributed by atoms with Crippen molar-refractivity contribution in [3.63, 3.8) is 0 Å². The minimum absolute atomic E-state index is 0.125. The van der Waals surface area contributed by atoms with Gasteiger partial charge in [0.25, 0.3) is 0 Å². The number of thiol groups is 1. The van der Waals surface area contributed by atoms with E-state index in [1.165, 1.54) is 0 Å². The van der Waals surface area contributed by atoms with Crippen LogP contribution in [0.4, 0.5) is 5.69 Å². The third-order valence-corrected chi connectivity index (χ3v) is 3.39. The minimum Gasteiger partial charge on any atom is -0.311 e. The Kier molecular flexibility index (Phi) is 2.94. The van der Waals surface area contributed by atoms with E-state index in [4.69, 9.17) is 11.6 Å². The lowest BCUT2D eigenvalue weighted by Gasteiger charge is -2.19. The zero-order valence-corrected chi connectivity index (χ0v) is 10.1. The van der Waals surface area contributed by atoms with Crippen LogP contribution in [0.15, 0.2) is 18.2 Å². The fourth-order valence-corrected chi connectivity index (χ4v) is 2.30. The number of halogens is 1. The molecular formula is C11H12ClNOS. The molecule has 1 aliphatic heterocycles. The normalized spacial score (nSPS) is 21.1. The van der Waals surface area contributed by atoms with E-state index in [1.807, 2.05) is 25.1 Å². The molecule has 2 rings (SSSR count). The number of hydrogen-bond acceptors (Lipinski definition) is 2. The number of rotatable bonds is 1. The van der Waals surface area contributed by atoms with Gasteiger partial charge >= 0.3 is 0 Å². The molecule has 0 aromatic heterocycles. The number of hydrogen-bond donors (Lipinski definition) is 1. The average molecular weight is 242 g/mol. The predicted molar refractivity (Wildman–Crippen MR) is 65.9 cm³/mol. The minimum atomic E-state index is 0.125. The maximum absolute atomic E-state index is 11.7. The van der Waals surface area contributed by atoms with Crippen molar-refractivity contribution in [3.05, 3.63) is 28.8 Å². The van der Waals surface area contributed by atoms with Gasteiger partial charge in [-0.2, -0.15) is 12.6 Å². The third kappa shape index (κ3) is 1.99. The van der Waals surface area contributed by atoms with Crippen LogP contribution < -0.4 is 4.90 Å². The van der Waals surface area contributed by atoms with E-state index in [0.717, 1.165) is 11.3 Å². The molecule has 0 saturated carbocycles. The monoisotopic (exact) mass is 241 g/mol. The summed E-state index contributed by atoms with van der Waals surface area (Å²) in [6.07, 6.45) is 0.509. The molecule has 2 nitrogen and oxygen atoms in total. The van der Waals surface area contributed by atoms with E-state index in [2.05, 4.69) is 12.6 Å². The Labute approximate surface area is 99.6 Å². The van der Waals surface area contributed by atoms with Crippen LogP contribution in [0.3, 0.4) is 0 Å². The Morgan fingerprint density at radius 2 is 2.27 bits per heavy atom. The first-order valence-corrected chi connectivity index (χ1v) is 5.72. The molecule has 1 aliphatic rings. The molecule has 0 bridgehead atoms. The van der Waals surface area contributed by atoms with E-state index in [1.54, 1.807) is 4.90 Å². The molecule has 4 heteroatoms. The summed E-state index contributed by atoms with van der Waals surface area (Å²) in [5.41, 5.74) is 1.86. The van der Waals surface area contributed by atoms with E-state index in [9.17, 15) is 4.79 Å². The molecule has 0 N–H and O–H groups in total. The van der Waals surface area contributed by atoms with Crippen LogP contribution in [-0.4, -0.2) is 17.7 Å². The summed E-state index contributed by atoms with van der Waals surface area (Å²) in [5, 5.41) is 0.832. The summed E-state index contributed by atoms with van der Waals surface area (Å²) in [5.74, 6) is 0.125. The van der Waals surface area contributed by atoms with Crippen LogP contribution in [0.25, 0.3) is 0 Å². The highest BCUT2D eigenvalue weighted by Crippen LogP contribution is 2.30. The highest BCUT2D eigenvalue weighted by atomic mass is 35.5. The van der Waals surface area contributed by atoms with Crippen LogP contribution >= 0.6 is 24.2 Å². The van der Waals surface area contributed by atoms with Crippen molar-refractivity contribution in [3.8, 4) is 0 Å². The van der Waals surface area contributed by atoms with Crippen LogP contribution in [0.1, 0.15) is 12.0 Å². The van der Waals surface area contributed by atoms with Crippen molar-refractivity contribution in [1.82, 2.24) is 0 Å². The number of benzene rings is 1. The van der Waals surface area contributed by atoms with Gasteiger partial charge in [-0.15, -0.1) is 0 Å². The fourth-order valence-electron chi connectivity index (χ4n) is 1.81. The molecule has 80 valence electrons. The van der Waals surface area contributed by atoms with Gasteiger partial charge in [0.1, 0.15) is 0 Å². The number of carbonyl (C=O) groups excluding carboxylic acids is 1. The summed E-state index contributed by atoms with van der Waals surface area (Å²) in [6.45, 7) is 2.60. The quantitative estimate of drug-likeness (QED) is 0.750. The predicted octanol–water partition coefficient (Wildman–Crippen LogP) is 2.68. The second-order valence-electron chi connectivity index (χ2n) is 3.75. The second-order valence-corrected chi connectivity index (χ2v) is 4.88. The van der Waals surface area contributed by atoms with E-state index in [-0.39, 0.29) is 11.2 Å². The van der Waals surface area contributed by atoms with Gasteiger partial charge in [-0.3, -0.25) is 4.79 Å².